The molecule has 1 heterocycles. The maximum atomic E-state index is 12.7. The second-order valence-electron chi connectivity index (χ2n) is 8.18. The molecule has 0 saturated heterocycles. The van der Waals surface area contributed by atoms with Crippen molar-refractivity contribution in [3.8, 4) is 11.3 Å². The average molecular weight is 386 g/mol. The number of carbonyl (C=O) groups excluding carboxylic acids is 2. The molecule has 0 bridgehead atoms. The van der Waals surface area contributed by atoms with Gasteiger partial charge in [0, 0.05) is 11.3 Å². The number of aromatic nitrogens is 2. The minimum atomic E-state index is -0.898. The predicted octanol–water partition coefficient (Wildman–Crippen LogP) is 4.40. The zero-order chi connectivity index (χ0) is 21.1. The maximum absolute atomic E-state index is 12.7. The van der Waals surface area contributed by atoms with Crippen molar-refractivity contribution in [2.45, 2.75) is 52.7 Å². The minimum Gasteiger partial charge on any atom is -0.443 e. The zero-order valence-electron chi connectivity index (χ0n) is 17.0. The van der Waals surface area contributed by atoms with Crippen LogP contribution in [0.25, 0.3) is 11.3 Å². The van der Waals surface area contributed by atoms with Crippen LogP contribution >= 0.6 is 0 Å². The molecular weight excluding hydrogens is 360 g/mol. The zero-order valence-corrected chi connectivity index (χ0v) is 17.0. The van der Waals surface area contributed by atoms with Crippen LogP contribution in [0.4, 0.5) is 21.1 Å². The van der Waals surface area contributed by atoms with Crippen molar-refractivity contribution in [2.24, 2.45) is 0 Å². The van der Waals surface area contributed by atoms with Gasteiger partial charge in [0.25, 0.3) is 0 Å². The molecule has 28 heavy (non-hydrogen) atoms. The molecule has 8 nitrogen and oxygen atoms in total. The highest BCUT2D eigenvalue weighted by Crippen LogP contribution is 2.23. The fourth-order valence-corrected chi connectivity index (χ4v) is 2.13. The quantitative estimate of drug-likeness (QED) is 0.762. The summed E-state index contributed by atoms with van der Waals surface area (Å²) >= 11 is 0. The van der Waals surface area contributed by atoms with E-state index in [1.165, 1.54) is 12.4 Å². The number of hydrogen-bond acceptors (Lipinski definition) is 7. The normalized spacial score (nSPS) is 11.6. The summed E-state index contributed by atoms with van der Waals surface area (Å²) in [6.45, 7) is 10.2. The largest absolute Gasteiger partial charge is 0.443 e. The van der Waals surface area contributed by atoms with Crippen molar-refractivity contribution < 1.29 is 19.1 Å². The number of nitrogen functional groups attached to an aromatic ring is 1. The molecule has 0 unspecified atom stereocenters. The molecule has 0 fully saturated rings. The van der Waals surface area contributed by atoms with Gasteiger partial charge in [-0.15, -0.1) is 0 Å². The number of nitrogens with zero attached hydrogens (tertiary/aromatic N) is 3. The van der Waals surface area contributed by atoms with Gasteiger partial charge in [-0.25, -0.2) is 14.6 Å². The fraction of sp³-hybridized carbons (Fsp3) is 0.400. The topological polar surface area (TPSA) is 108 Å². The van der Waals surface area contributed by atoms with Crippen LogP contribution in [0.1, 0.15) is 41.5 Å². The smallest absolute Gasteiger partial charge is 0.425 e. The summed E-state index contributed by atoms with van der Waals surface area (Å²) in [6, 6.07) is 7.00. The minimum absolute atomic E-state index is 0.00201. The van der Waals surface area contributed by atoms with Gasteiger partial charge in [0.05, 0.1) is 18.1 Å². The molecule has 2 N–H and O–H groups in total. The van der Waals surface area contributed by atoms with Gasteiger partial charge in [-0.3, -0.25) is 4.98 Å². The Labute approximate surface area is 164 Å². The Morgan fingerprint density at radius 2 is 1.39 bits per heavy atom. The molecule has 2 rings (SSSR count). The van der Waals surface area contributed by atoms with Crippen LogP contribution in [-0.2, 0) is 9.47 Å². The van der Waals surface area contributed by atoms with Crippen molar-refractivity contribution >= 4 is 23.7 Å². The molecule has 8 heteroatoms. The van der Waals surface area contributed by atoms with Gasteiger partial charge in [0.2, 0.25) is 0 Å². The van der Waals surface area contributed by atoms with E-state index >= 15 is 0 Å². The first-order valence-electron chi connectivity index (χ1n) is 8.80. The Hall–Kier alpha value is -3.16. The fourth-order valence-electron chi connectivity index (χ4n) is 2.13. The lowest BCUT2D eigenvalue weighted by molar-refractivity contribution is 0.0429. The molecule has 2 amide bonds. The number of benzene rings is 1. The Morgan fingerprint density at radius 3 is 1.86 bits per heavy atom. The maximum Gasteiger partial charge on any atom is 0.425 e. The van der Waals surface area contributed by atoms with Gasteiger partial charge in [0.15, 0.2) is 5.82 Å². The van der Waals surface area contributed by atoms with E-state index in [0.717, 1.165) is 10.5 Å². The van der Waals surface area contributed by atoms with Gasteiger partial charge < -0.3 is 15.2 Å². The summed E-state index contributed by atoms with van der Waals surface area (Å²) in [5.41, 5.74) is 5.91. The summed E-state index contributed by atoms with van der Waals surface area (Å²) in [5, 5.41) is 0. The molecule has 0 saturated carbocycles. The number of carbonyl (C=O) groups is 2. The second kappa shape index (κ2) is 7.84. The van der Waals surface area contributed by atoms with Crippen molar-refractivity contribution in [1.29, 1.82) is 0 Å². The van der Waals surface area contributed by atoms with Crippen molar-refractivity contribution in [1.82, 2.24) is 9.97 Å². The number of imide groups is 1. The van der Waals surface area contributed by atoms with Crippen LogP contribution in [0.15, 0.2) is 36.7 Å². The van der Waals surface area contributed by atoms with Crippen LogP contribution in [0, 0.1) is 0 Å². The molecule has 0 radical (unpaired) electrons. The average Bonchev–Trinajstić information content (AvgIpc) is 2.52. The summed E-state index contributed by atoms with van der Waals surface area (Å²) in [7, 11) is 0. The van der Waals surface area contributed by atoms with Gasteiger partial charge in [-0.1, -0.05) is 12.1 Å². The van der Waals surface area contributed by atoms with E-state index in [1.54, 1.807) is 65.8 Å². The summed E-state index contributed by atoms with van der Waals surface area (Å²) < 4.78 is 10.7. The van der Waals surface area contributed by atoms with E-state index in [-0.39, 0.29) is 5.82 Å². The third-order valence-corrected chi connectivity index (χ3v) is 3.21. The second-order valence-corrected chi connectivity index (χ2v) is 8.18. The Balaban J connectivity index is 2.44. The van der Waals surface area contributed by atoms with E-state index in [9.17, 15) is 9.59 Å². The molecule has 1 aromatic carbocycles. The van der Waals surface area contributed by atoms with Crippen LogP contribution in [-0.4, -0.2) is 33.4 Å². The number of hydrogen-bond donors (Lipinski definition) is 1. The first kappa shape index (κ1) is 21.1. The number of rotatable bonds is 2. The molecule has 0 aliphatic heterocycles. The van der Waals surface area contributed by atoms with Crippen molar-refractivity contribution in [3.63, 3.8) is 0 Å². The lowest BCUT2D eigenvalue weighted by atomic mass is 10.1. The van der Waals surface area contributed by atoms with E-state index in [1.807, 2.05) is 0 Å². The van der Waals surface area contributed by atoms with Crippen LogP contribution in [0.5, 0.6) is 0 Å². The third kappa shape index (κ3) is 5.94. The highest BCUT2D eigenvalue weighted by atomic mass is 16.6. The highest BCUT2D eigenvalue weighted by molar-refractivity contribution is 6.08. The number of ether oxygens (including phenoxy) is 2. The molecule has 1 aromatic heterocycles. The van der Waals surface area contributed by atoms with Crippen LogP contribution in [0.2, 0.25) is 0 Å². The molecule has 150 valence electrons. The molecule has 2 aromatic rings. The molecule has 0 aliphatic rings. The van der Waals surface area contributed by atoms with Gasteiger partial charge in [-0.05, 0) is 53.7 Å². The first-order valence-corrected chi connectivity index (χ1v) is 8.80. The Morgan fingerprint density at radius 1 is 0.893 bits per heavy atom. The van der Waals surface area contributed by atoms with E-state index < -0.39 is 23.4 Å². The number of anilines is 2. The lowest BCUT2D eigenvalue weighted by Crippen LogP contribution is -2.44. The Bertz CT molecular complexity index is 824. The van der Waals surface area contributed by atoms with Crippen molar-refractivity contribution in [2.75, 3.05) is 10.6 Å². The van der Waals surface area contributed by atoms with E-state index in [0.29, 0.717) is 11.4 Å². The molecular formula is C20H26N4O4. The molecule has 0 aliphatic carbocycles. The van der Waals surface area contributed by atoms with Crippen LogP contribution < -0.4 is 10.6 Å². The standard InChI is InChI=1S/C20H26N4O4/c1-19(2,3)27-17(25)24(18(26)28-20(4,5)6)16-12-22-11-15(23-16)13-7-9-14(21)10-8-13/h7-12H,21H2,1-6H3. The summed E-state index contributed by atoms with van der Waals surface area (Å²) in [6.07, 6.45) is 1.03. The van der Waals surface area contributed by atoms with Gasteiger partial charge in [0.1, 0.15) is 11.2 Å². The summed E-state index contributed by atoms with van der Waals surface area (Å²) in [5.74, 6) is -0.00201. The summed E-state index contributed by atoms with van der Waals surface area (Å²) in [4.78, 5) is 34.6. The predicted molar refractivity (Wildman–Crippen MR) is 107 cm³/mol. The lowest BCUT2D eigenvalue weighted by Gasteiger charge is -2.28. The number of amides is 2. The van der Waals surface area contributed by atoms with E-state index in [2.05, 4.69) is 9.97 Å². The Kier molecular flexibility index (Phi) is 5.92. The number of nitrogens with two attached hydrogens (primary N) is 1. The van der Waals surface area contributed by atoms with Gasteiger partial charge >= 0.3 is 12.2 Å². The molecule has 0 atom stereocenters. The first-order chi connectivity index (χ1) is 12.9. The monoisotopic (exact) mass is 386 g/mol. The van der Waals surface area contributed by atoms with Gasteiger partial charge in [-0.2, -0.15) is 4.90 Å². The van der Waals surface area contributed by atoms with Crippen molar-refractivity contribution in [3.05, 3.63) is 36.7 Å². The highest BCUT2D eigenvalue weighted by Gasteiger charge is 2.33. The third-order valence-electron chi connectivity index (χ3n) is 3.21. The van der Waals surface area contributed by atoms with E-state index in [4.69, 9.17) is 15.2 Å². The molecule has 0 spiro atoms. The van der Waals surface area contributed by atoms with Crippen LogP contribution in [0.3, 0.4) is 0 Å². The SMILES string of the molecule is CC(C)(C)OC(=O)N(C(=O)OC(C)(C)C)c1cncc(-c2ccc(N)cc2)n1.